The SMILES string of the molecule is CN(C(=O)C1CCC(=O)NC1)[C@@H](c1ccc(NC2Cc3ccccc3C2(C)C)cn1)C(F)(F)F. The fourth-order valence-electron chi connectivity index (χ4n) is 5.02. The summed E-state index contributed by atoms with van der Waals surface area (Å²) in [7, 11) is 1.14. The lowest BCUT2D eigenvalue weighted by molar-refractivity contribution is -0.191. The van der Waals surface area contributed by atoms with E-state index in [0.717, 1.165) is 13.5 Å². The van der Waals surface area contributed by atoms with Crippen molar-refractivity contribution in [2.75, 3.05) is 18.9 Å². The standard InChI is InChI=1S/C25H29F3N4O2/c1-24(2)18-7-5-4-6-15(18)12-20(24)31-17-9-10-19(29-14-17)22(25(26,27)28)32(3)23(34)16-8-11-21(33)30-13-16/h4-7,9-10,14,16,20,22,31H,8,11-13H2,1-3H3,(H,30,33)/t16?,20?,22-/m0/s1. The van der Waals surface area contributed by atoms with Crippen molar-refractivity contribution >= 4 is 17.5 Å². The van der Waals surface area contributed by atoms with E-state index in [0.29, 0.717) is 10.6 Å². The molecule has 0 bridgehead atoms. The number of rotatable bonds is 5. The Bertz CT molecular complexity index is 1060. The molecule has 2 unspecified atom stereocenters. The molecule has 0 radical (unpaired) electrons. The van der Waals surface area contributed by atoms with Crippen molar-refractivity contribution in [3.05, 3.63) is 59.4 Å². The highest BCUT2D eigenvalue weighted by Crippen LogP contribution is 2.41. The molecule has 1 aliphatic carbocycles. The van der Waals surface area contributed by atoms with Crippen LogP contribution in [0.4, 0.5) is 18.9 Å². The number of pyridine rings is 1. The number of piperidine rings is 1. The lowest BCUT2D eigenvalue weighted by Crippen LogP contribution is -2.47. The third-order valence-electron chi connectivity index (χ3n) is 7.07. The van der Waals surface area contributed by atoms with E-state index in [2.05, 4.69) is 41.6 Å². The third-order valence-corrected chi connectivity index (χ3v) is 7.07. The van der Waals surface area contributed by atoms with Gasteiger partial charge in [-0.1, -0.05) is 38.1 Å². The van der Waals surface area contributed by atoms with Crippen LogP contribution in [0, 0.1) is 5.92 Å². The molecule has 182 valence electrons. The van der Waals surface area contributed by atoms with Crippen molar-refractivity contribution in [2.45, 2.75) is 56.8 Å². The molecule has 1 fully saturated rings. The van der Waals surface area contributed by atoms with Crippen LogP contribution >= 0.6 is 0 Å². The van der Waals surface area contributed by atoms with Crippen molar-refractivity contribution in [1.29, 1.82) is 0 Å². The highest BCUT2D eigenvalue weighted by Gasteiger charge is 2.47. The van der Waals surface area contributed by atoms with E-state index in [1.807, 2.05) is 12.1 Å². The Hall–Kier alpha value is -3.10. The summed E-state index contributed by atoms with van der Waals surface area (Å²) >= 11 is 0. The number of nitrogens with one attached hydrogen (secondary N) is 2. The maximum absolute atomic E-state index is 14.0. The molecule has 2 aromatic rings. The molecular formula is C25H29F3N4O2. The highest BCUT2D eigenvalue weighted by molar-refractivity contribution is 5.84. The second-order valence-corrected chi connectivity index (χ2v) is 9.68. The number of benzene rings is 1. The molecule has 6 nitrogen and oxygen atoms in total. The van der Waals surface area contributed by atoms with E-state index >= 15 is 0 Å². The zero-order chi connectivity index (χ0) is 24.7. The molecule has 34 heavy (non-hydrogen) atoms. The summed E-state index contributed by atoms with van der Waals surface area (Å²) in [5.74, 6) is -1.53. The van der Waals surface area contributed by atoms with E-state index < -0.39 is 24.0 Å². The van der Waals surface area contributed by atoms with Crippen LogP contribution < -0.4 is 10.6 Å². The quantitative estimate of drug-likeness (QED) is 0.688. The van der Waals surface area contributed by atoms with Crippen LogP contribution in [0.2, 0.25) is 0 Å². The first-order valence-corrected chi connectivity index (χ1v) is 11.4. The molecule has 2 N–H and O–H groups in total. The smallest absolute Gasteiger partial charge is 0.380 e. The van der Waals surface area contributed by atoms with E-state index in [1.54, 1.807) is 6.07 Å². The molecule has 1 aliphatic heterocycles. The number of hydrogen-bond donors (Lipinski definition) is 2. The molecule has 2 aliphatic rings. The third kappa shape index (κ3) is 4.60. The Labute approximate surface area is 196 Å². The Balaban J connectivity index is 1.50. The molecule has 1 aromatic carbocycles. The number of amides is 2. The minimum Gasteiger partial charge on any atom is -0.380 e. The monoisotopic (exact) mass is 474 g/mol. The molecule has 1 aromatic heterocycles. The van der Waals surface area contributed by atoms with Gasteiger partial charge in [-0.05, 0) is 36.1 Å². The first kappa shape index (κ1) is 24.0. The fraction of sp³-hybridized carbons (Fsp3) is 0.480. The van der Waals surface area contributed by atoms with Gasteiger partial charge in [-0.3, -0.25) is 14.6 Å². The number of anilines is 1. The lowest BCUT2D eigenvalue weighted by atomic mass is 9.83. The first-order chi connectivity index (χ1) is 16.0. The van der Waals surface area contributed by atoms with Gasteiger partial charge in [0.2, 0.25) is 11.8 Å². The molecular weight excluding hydrogens is 445 g/mol. The normalized spacial score (nSPS) is 22.5. The fourth-order valence-corrected chi connectivity index (χ4v) is 5.02. The number of hydrogen-bond acceptors (Lipinski definition) is 4. The number of fused-ring (bicyclic) bond motifs is 1. The van der Waals surface area contributed by atoms with Crippen LogP contribution in [-0.2, 0) is 21.4 Å². The van der Waals surface area contributed by atoms with E-state index in [1.165, 1.54) is 23.4 Å². The summed E-state index contributed by atoms with van der Waals surface area (Å²) < 4.78 is 42.0. The number of carbonyl (C=O) groups is 2. The second-order valence-electron chi connectivity index (χ2n) is 9.68. The Morgan fingerprint density at radius 2 is 1.97 bits per heavy atom. The molecule has 2 amide bonds. The number of carbonyl (C=O) groups excluding carboxylic acids is 2. The summed E-state index contributed by atoms with van der Waals surface area (Å²) in [5.41, 5.74) is 2.74. The van der Waals surface area contributed by atoms with Crippen LogP contribution in [-0.4, -0.2) is 47.5 Å². The summed E-state index contributed by atoms with van der Waals surface area (Å²) in [5, 5.41) is 5.98. The van der Waals surface area contributed by atoms with Crippen LogP contribution in [0.1, 0.15) is 49.6 Å². The maximum atomic E-state index is 14.0. The average Bonchev–Trinajstić information content (AvgIpc) is 3.04. The molecule has 9 heteroatoms. The molecule has 1 saturated heterocycles. The van der Waals surface area contributed by atoms with Gasteiger partial charge in [0.15, 0.2) is 6.04 Å². The molecule has 3 atom stereocenters. The number of nitrogens with zero attached hydrogens (tertiary/aromatic N) is 2. The topological polar surface area (TPSA) is 74.3 Å². The zero-order valence-electron chi connectivity index (χ0n) is 19.4. The largest absolute Gasteiger partial charge is 0.414 e. The van der Waals surface area contributed by atoms with Gasteiger partial charge in [-0.2, -0.15) is 13.2 Å². The summed E-state index contributed by atoms with van der Waals surface area (Å²) in [4.78, 5) is 28.9. The summed E-state index contributed by atoms with van der Waals surface area (Å²) in [6.45, 7) is 4.33. The maximum Gasteiger partial charge on any atom is 0.414 e. The minimum absolute atomic E-state index is 0.0441. The predicted molar refractivity (Wildman–Crippen MR) is 122 cm³/mol. The molecule has 0 saturated carbocycles. The van der Waals surface area contributed by atoms with Gasteiger partial charge >= 0.3 is 6.18 Å². The van der Waals surface area contributed by atoms with Crippen LogP contribution in [0.25, 0.3) is 0 Å². The van der Waals surface area contributed by atoms with Crippen LogP contribution in [0.5, 0.6) is 0 Å². The molecule has 4 rings (SSSR count). The van der Waals surface area contributed by atoms with Gasteiger partial charge in [-0.15, -0.1) is 0 Å². The van der Waals surface area contributed by atoms with Crippen LogP contribution in [0.3, 0.4) is 0 Å². The second kappa shape index (κ2) is 8.92. The van der Waals surface area contributed by atoms with E-state index in [4.69, 9.17) is 0 Å². The zero-order valence-corrected chi connectivity index (χ0v) is 19.4. The van der Waals surface area contributed by atoms with Gasteiger partial charge in [0.05, 0.1) is 23.5 Å². The van der Waals surface area contributed by atoms with Crippen molar-refractivity contribution < 1.29 is 22.8 Å². The van der Waals surface area contributed by atoms with Crippen molar-refractivity contribution in [1.82, 2.24) is 15.2 Å². The minimum atomic E-state index is -4.70. The van der Waals surface area contributed by atoms with E-state index in [-0.39, 0.29) is 42.4 Å². The Morgan fingerprint density at radius 3 is 2.56 bits per heavy atom. The van der Waals surface area contributed by atoms with Crippen molar-refractivity contribution in [3.63, 3.8) is 0 Å². The number of alkyl halides is 3. The van der Waals surface area contributed by atoms with Gasteiger partial charge in [-0.25, -0.2) is 0 Å². The first-order valence-electron chi connectivity index (χ1n) is 11.4. The van der Waals surface area contributed by atoms with Crippen molar-refractivity contribution in [3.8, 4) is 0 Å². The highest BCUT2D eigenvalue weighted by atomic mass is 19.4. The molecule has 2 heterocycles. The molecule has 0 spiro atoms. The summed E-state index contributed by atoms with van der Waals surface area (Å²) in [6, 6.07) is 9.02. The van der Waals surface area contributed by atoms with E-state index in [9.17, 15) is 22.8 Å². The van der Waals surface area contributed by atoms with Gasteiger partial charge in [0.25, 0.3) is 0 Å². The number of aromatic nitrogens is 1. The van der Waals surface area contributed by atoms with Gasteiger partial charge < -0.3 is 15.5 Å². The van der Waals surface area contributed by atoms with Gasteiger partial charge in [0, 0.05) is 31.5 Å². The van der Waals surface area contributed by atoms with Crippen molar-refractivity contribution in [2.24, 2.45) is 5.92 Å². The predicted octanol–water partition coefficient (Wildman–Crippen LogP) is 3.98. The van der Waals surface area contributed by atoms with Crippen LogP contribution in [0.15, 0.2) is 42.6 Å². The lowest BCUT2D eigenvalue weighted by Gasteiger charge is -2.33. The number of halogens is 3. The average molecular weight is 475 g/mol. The summed E-state index contributed by atoms with van der Waals surface area (Å²) in [6.07, 6.45) is -2.13. The van der Waals surface area contributed by atoms with Gasteiger partial charge in [0.1, 0.15) is 0 Å². The Kier molecular flexibility index (Phi) is 6.31. The Morgan fingerprint density at radius 1 is 1.24 bits per heavy atom.